The van der Waals surface area contributed by atoms with E-state index in [9.17, 15) is 4.79 Å². The van der Waals surface area contributed by atoms with E-state index in [0.29, 0.717) is 25.6 Å². The van der Waals surface area contributed by atoms with Crippen molar-refractivity contribution in [1.29, 1.82) is 0 Å². The molecule has 0 aliphatic heterocycles. The van der Waals surface area contributed by atoms with Gasteiger partial charge in [0.15, 0.2) is 0 Å². The van der Waals surface area contributed by atoms with Crippen LogP contribution in [0.2, 0.25) is 0 Å². The molecule has 0 aliphatic rings. The van der Waals surface area contributed by atoms with Crippen molar-refractivity contribution in [1.82, 2.24) is 10.2 Å². The Labute approximate surface area is 128 Å². The summed E-state index contributed by atoms with van der Waals surface area (Å²) in [5.74, 6) is 0.121. The monoisotopic (exact) mass is 292 g/mol. The Balaban J connectivity index is 2.73. The fourth-order valence-corrected chi connectivity index (χ4v) is 2.13. The van der Waals surface area contributed by atoms with Gasteiger partial charge in [-0.25, -0.2) is 0 Å². The van der Waals surface area contributed by atoms with Crippen molar-refractivity contribution < 1.29 is 9.53 Å². The molecule has 0 saturated heterocycles. The largest absolute Gasteiger partial charge is 0.383 e. The van der Waals surface area contributed by atoms with Gasteiger partial charge < -0.3 is 15.0 Å². The Kier molecular flexibility index (Phi) is 8.01. The van der Waals surface area contributed by atoms with E-state index in [4.69, 9.17) is 4.74 Å². The summed E-state index contributed by atoms with van der Waals surface area (Å²) in [5, 5.41) is 3.44. The van der Waals surface area contributed by atoms with Crippen LogP contribution in [-0.4, -0.2) is 50.2 Å². The fourth-order valence-electron chi connectivity index (χ4n) is 2.13. The number of hydrogen-bond donors (Lipinski definition) is 1. The minimum Gasteiger partial charge on any atom is -0.383 e. The third kappa shape index (κ3) is 6.27. The summed E-state index contributed by atoms with van der Waals surface area (Å²) in [6.07, 6.45) is 1.71. The van der Waals surface area contributed by atoms with E-state index in [-0.39, 0.29) is 11.9 Å². The van der Waals surface area contributed by atoms with E-state index in [1.165, 1.54) is 5.56 Å². The molecule has 0 bridgehead atoms. The van der Waals surface area contributed by atoms with Crippen molar-refractivity contribution in [3.05, 3.63) is 35.9 Å². The number of carbonyl (C=O) groups is 1. The van der Waals surface area contributed by atoms with Gasteiger partial charge in [0.25, 0.3) is 0 Å². The number of benzene rings is 1. The lowest BCUT2D eigenvalue weighted by molar-refractivity contribution is -0.132. The number of ether oxygens (including phenoxy) is 1. The highest BCUT2D eigenvalue weighted by Crippen LogP contribution is 2.07. The molecule has 0 radical (unpaired) electrons. The minimum absolute atomic E-state index is 0.121. The third-order valence-corrected chi connectivity index (χ3v) is 3.69. The van der Waals surface area contributed by atoms with Gasteiger partial charge in [0, 0.05) is 26.7 Å². The minimum atomic E-state index is -0.191. The number of hydrogen-bond acceptors (Lipinski definition) is 3. The lowest BCUT2D eigenvalue weighted by Gasteiger charge is -2.27. The van der Waals surface area contributed by atoms with Crippen molar-refractivity contribution in [2.24, 2.45) is 0 Å². The first-order valence-electron chi connectivity index (χ1n) is 7.62. The standard InChI is InChI=1S/C17H28N2O2/c1-5-14(2)18-16(13-15-9-7-6-8-10-15)17(20)19(3)11-12-21-4/h6-10,14,16,18H,5,11-13H2,1-4H3/t14?,16-/m0/s1. The Morgan fingerprint density at radius 1 is 1.33 bits per heavy atom. The lowest BCUT2D eigenvalue weighted by atomic mass is 10.0. The Morgan fingerprint density at radius 3 is 2.57 bits per heavy atom. The van der Waals surface area contributed by atoms with Crippen LogP contribution in [0.5, 0.6) is 0 Å². The van der Waals surface area contributed by atoms with Gasteiger partial charge in [-0.1, -0.05) is 37.3 Å². The summed E-state index contributed by atoms with van der Waals surface area (Å²) in [6, 6.07) is 10.3. The average Bonchev–Trinajstić information content (AvgIpc) is 2.52. The molecule has 1 aromatic rings. The molecule has 0 fully saturated rings. The topological polar surface area (TPSA) is 41.6 Å². The van der Waals surface area contributed by atoms with E-state index in [1.54, 1.807) is 12.0 Å². The number of carbonyl (C=O) groups excluding carboxylic acids is 1. The average molecular weight is 292 g/mol. The van der Waals surface area contributed by atoms with E-state index in [0.717, 1.165) is 6.42 Å². The molecule has 0 aliphatic carbocycles. The van der Waals surface area contributed by atoms with Gasteiger partial charge in [-0.05, 0) is 25.3 Å². The van der Waals surface area contributed by atoms with Crippen molar-refractivity contribution >= 4 is 5.91 Å². The molecular weight excluding hydrogens is 264 g/mol. The summed E-state index contributed by atoms with van der Waals surface area (Å²) in [7, 11) is 3.48. The van der Waals surface area contributed by atoms with Gasteiger partial charge in [0.2, 0.25) is 5.91 Å². The first kappa shape index (κ1) is 17.7. The second kappa shape index (κ2) is 9.53. The summed E-state index contributed by atoms with van der Waals surface area (Å²) < 4.78 is 5.05. The molecule has 4 heteroatoms. The molecule has 1 aromatic carbocycles. The first-order chi connectivity index (χ1) is 10.1. The van der Waals surface area contributed by atoms with E-state index >= 15 is 0 Å². The highest BCUT2D eigenvalue weighted by molar-refractivity contribution is 5.82. The summed E-state index contributed by atoms with van der Waals surface area (Å²) >= 11 is 0. The molecule has 1 amide bonds. The van der Waals surface area contributed by atoms with Gasteiger partial charge in [-0.2, -0.15) is 0 Å². The van der Waals surface area contributed by atoms with Crippen LogP contribution in [0.15, 0.2) is 30.3 Å². The van der Waals surface area contributed by atoms with Crippen molar-refractivity contribution in [2.75, 3.05) is 27.3 Å². The highest BCUT2D eigenvalue weighted by atomic mass is 16.5. The zero-order valence-electron chi connectivity index (χ0n) is 13.6. The predicted molar refractivity (Wildman–Crippen MR) is 86.3 cm³/mol. The third-order valence-electron chi connectivity index (χ3n) is 3.69. The zero-order chi connectivity index (χ0) is 15.7. The maximum atomic E-state index is 12.6. The number of methoxy groups -OCH3 is 1. The quantitative estimate of drug-likeness (QED) is 0.758. The number of likely N-dealkylation sites (N-methyl/N-ethyl adjacent to an activating group) is 1. The van der Waals surface area contributed by atoms with Crippen LogP contribution in [0.25, 0.3) is 0 Å². The second-order valence-corrected chi connectivity index (χ2v) is 5.47. The summed E-state index contributed by atoms with van der Waals surface area (Å²) in [4.78, 5) is 14.4. The zero-order valence-corrected chi connectivity index (χ0v) is 13.6. The molecule has 1 rings (SSSR count). The van der Waals surface area contributed by atoms with Crippen LogP contribution in [0.3, 0.4) is 0 Å². The SMILES string of the molecule is CCC(C)N[C@@H](Cc1ccccc1)C(=O)N(C)CCOC. The number of nitrogens with zero attached hydrogens (tertiary/aromatic N) is 1. The van der Waals surface area contributed by atoms with Gasteiger partial charge in [0.05, 0.1) is 12.6 Å². The van der Waals surface area contributed by atoms with E-state index in [2.05, 4.69) is 31.3 Å². The van der Waals surface area contributed by atoms with Crippen LogP contribution < -0.4 is 5.32 Å². The maximum absolute atomic E-state index is 12.6. The summed E-state index contributed by atoms with van der Waals surface area (Å²) in [5.41, 5.74) is 1.17. The van der Waals surface area contributed by atoms with Gasteiger partial charge in [-0.15, -0.1) is 0 Å². The second-order valence-electron chi connectivity index (χ2n) is 5.47. The molecule has 0 spiro atoms. The molecule has 1 unspecified atom stereocenters. The molecule has 0 heterocycles. The van der Waals surface area contributed by atoms with Crippen LogP contribution in [0.1, 0.15) is 25.8 Å². The maximum Gasteiger partial charge on any atom is 0.239 e. The molecule has 118 valence electrons. The molecule has 0 aromatic heterocycles. The smallest absolute Gasteiger partial charge is 0.239 e. The summed E-state index contributed by atoms with van der Waals surface area (Å²) in [6.45, 7) is 5.41. The molecule has 4 nitrogen and oxygen atoms in total. The highest BCUT2D eigenvalue weighted by Gasteiger charge is 2.23. The molecule has 0 saturated carbocycles. The Bertz CT molecular complexity index is 409. The van der Waals surface area contributed by atoms with Crippen LogP contribution in [0.4, 0.5) is 0 Å². The molecule has 2 atom stereocenters. The number of rotatable bonds is 9. The van der Waals surface area contributed by atoms with Gasteiger partial charge >= 0.3 is 0 Å². The Hall–Kier alpha value is -1.39. The normalized spacial score (nSPS) is 13.7. The van der Waals surface area contributed by atoms with Crippen LogP contribution in [-0.2, 0) is 16.0 Å². The Morgan fingerprint density at radius 2 is 2.00 bits per heavy atom. The van der Waals surface area contributed by atoms with Crippen LogP contribution in [0, 0.1) is 0 Å². The number of amides is 1. The predicted octanol–water partition coefficient (Wildman–Crippen LogP) is 2.09. The first-order valence-corrected chi connectivity index (χ1v) is 7.62. The van der Waals surface area contributed by atoms with Crippen LogP contribution >= 0.6 is 0 Å². The van der Waals surface area contributed by atoms with Gasteiger partial charge in [0.1, 0.15) is 0 Å². The molecule has 1 N–H and O–H groups in total. The molecule has 21 heavy (non-hydrogen) atoms. The number of nitrogens with one attached hydrogen (secondary N) is 1. The lowest BCUT2D eigenvalue weighted by Crippen LogP contribution is -2.49. The van der Waals surface area contributed by atoms with Crippen molar-refractivity contribution in [2.45, 2.75) is 38.8 Å². The van der Waals surface area contributed by atoms with Crippen molar-refractivity contribution in [3.63, 3.8) is 0 Å². The fraction of sp³-hybridized carbons (Fsp3) is 0.588. The molecular formula is C17H28N2O2. The van der Waals surface area contributed by atoms with Gasteiger partial charge in [-0.3, -0.25) is 4.79 Å². The van der Waals surface area contributed by atoms with Crippen molar-refractivity contribution in [3.8, 4) is 0 Å². The van der Waals surface area contributed by atoms with E-state index < -0.39 is 0 Å². The van der Waals surface area contributed by atoms with E-state index in [1.807, 2.05) is 25.2 Å².